The Morgan fingerprint density at radius 3 is 2.53 bits per heavy atom. The third-order valence-corrected chi connectivity index (χ3v) is 7.55. The second-order valence-electron chi connectivity index (χ2n) is 8.47. The van der Waals surface area contributed by atoms with Crippen LogP contribution in [-0.4, -0.2) is 72.8 Å². The van der Waals surface area contributed by atoms with Gasteiger partial charge in [0.25, 0.3) is 5.91 Å². The zero-order valence-corrected chi connectivity index (χ0v) is 22.0. The van der Waals surface area contributed by atoms with Crippen molar-refractivity contribution in [1.29, 1.82) is 0 Å². The summed E-state index contributed by atoms with van der Waals surface area (Å²) < 4.78 is 33.6. The van der Waals surface area contributed by atoms with Gasteiger partial charge in [0.1, 0.15) is 11.0 Å². The van der Waals surface area contributed by atoms with Crippen molar-refractivity contribution in [3.63, 3.8) is 0 Å². The van der Waals surface area contributed by atoms with E-state index < -0.39 is 42.4 Å². The van der Waals surface area contributed by atoms with Crippen molar-refractivity contribution in [2.75, 3.05) is 32.6 Å². The Balaban J connectivity index is 1.76. The Labute approximate surface area is 213 Å². The Kier molecular flexibility index (Phi) is 11.2. The van der Waals surface area contributed by atoms with Crippen LogP contribution < -0.4 is 15.2 Å². The average Bonchev–Trinajstić information content (AvgIpc) is 2.83. The van der Waals surface area contributed by atoms with Gasteiger partial charge in [-0.2, -0.15) is 0 Å². The molecule has 1 saturated heterocycles. The topological polar surface area (TPSA) is 167 Å². The van der Waals surface area contributed by atoms with E-state index in [1.54, 1.807) is 44.2 Å². The standard InChI is InChI=1S/C22H31N2O10PS/c1-22(2)14-32-35(30,33-15-7-5-4-6-8-15)34-19(22)20(27)24-10-9-17(25)23-11-12-36-16(21(28)29)13-18(26)31-3/h4-8,16,19H,9-14H2,1-3H3,(H,23,25)(H,24,27)(H,28,29)/t16?,19-,35?/m0/s1. The molecule has 0 aliphatic carbocycles. The van der Waals surface area contributed by atoms with Crippen molar-refractivity contribution in [3.8, 4) is 5.75 Å². The van der Waals surface area contributed by atoms with E-state index in [1.807, 2.05) is 0 Å². The summed E-state index contributed by atoms with van der Waals surface area (Å²) in [5.41, 5.74) is -0.803. The van der Waals surface area contributed by atoms with E-state index in [0.717, 1.165) is 11.8 Å². The normalized spacial score (nSPS) is 21.6. The number of phosphoric acid groups is 1. The molecule has 1 heterocycles. The number of amides is 2. The quantitative estimate of drug-likeness (QED) is 0.188. The number of hydrogen-bond acceptors (Lipinski definition) is 10. The first-order chi connectivity index (χ1) is 17.0. The van der Waals surface area contributed by atoms with Crippen LogP contribution in [0.15, 0.2) is 30.3 Å². The van der Waals surface area contributed by atoms with Crippen LogP contribution >= 0.6 is 19.6 Å². The van der Waals surface area contributed by atoms with Gasteiger partial charge in [-0.1, -0.05) is 32.0 Å². The lowest BCUT2D eigenvalue weighted by molar-refractivity contribution is -0.145. The van der Waals surface area contributed by atoms with Gasteiger partial charge in [-0.05, 0) is 12.1 Å². The molecule has 0 spiro atoms. The molecular weight excluding hydrogens is 515 g/mol. The molecule has 36 heavy (non-hydrogen) atoms. The first-order valence-corrected chi connectivity index (χ1v) is 13.6. The summed E-state index contributed by atoms with van der Waals surface area (Å²) in [5, 5.41) is 13.4. The molecule has 0 radical (unpaired) electrons. The molecule has 200 valence electrons. The number of esters is 1. The van der Waals surface area contributed by atoms with Crippen LogP contribution in [0, 0.1) is 5.41 Å². The first kappa shape index (κ1) is 29.6. The highest BCUT2D eigenvalue weighted by Crippen LogP contribution is 2.56. The van der Waals surface area contributed by atoms with Crippen molar-refractivity contribution < 1.29 is 47.2 Å². The molecule has 2 rings (SSSR count). The second-order valence-corrected chi connectivity index (χ2v) is 11.3. The van der Waals surface area contributed by atoms with Crippen molar-refractivity contribution in [1.82, 2.24) is 10.6 Å². The van der Waals surface area contributed by atoms with Crippen molar-refractivity contribution in [2.45, 2.75) is 38.0 Å². The summed E-state index contributed by atoms with van der Waals surface area (Å²) in [4.78, 5) is 47.3. The van der Waals surface area contributed by atoms with Crippen LogP contribution in [-0.2, 0) is 37.5 Å². The fraction of sp³-hybridized carbons (Fsp3) is 0.545. The number of methoxy groups -OCH3 is 1. The van der Waals surface area contributed by atoms with E-state index in [1.165, 1.54) is 7.11 Å². The largest absolute Gasteiger partial charge is 0.530 e. The van der Waals surface area contributed by atoms with Crippen molar-refractivity contribution in [3.05, 3.63) is 30.3 Å². The summed E-state index contributed by atoms with van der Waals surface area (Å²) in [6, 6.07) is 8.31. The third kappa shape index (κ3) is 9.45. The van der Waals surface area contributed by atoms with Gasteiger partial charge in [0.15, 0.2) is 6.10 Å². The molecule has 3 atom stereocenters. The van der Waals surface area contributed by atoms with E-state index in [4.69, 9.17) is 18.7 Å². The van der Waals surface area contributed by atoms with Gasteiger partial charge in [0, 0.05) is 30.7 Å². The van der Waals surface area contributed by atoms with Gasteiger partial charge in [-0.25, -0.2) is 4.57 Å². The molecule has 12 nitrogen and oxygen atoms in total. The molecule has 14 heteroatoms. The van der Waals surface area contributed by atoms with Crippen molar-refractivity contribution >= 4 is 43.3 Å². The van der Waals surface area contributed by atoms with Gasteiger partial charge in [-0.3, -0.25) is 28.2 Å². The fourth-order valence-corrected chi connectivity index (χ4v) is 5.58. The summed E-state index contributed by atoms with van der Waals surface area (Å²) in [5.74, 6) is -2.15. The SMILES string of the molecule is COC(=O)CC(SCCNC(=O)CCNC(=O)[C@@H]1OP(=O)(Oc2ccccc2)OCC1(C)C)C(=O)O. The van der Waals surface area contributed by atoms with E-state index >= 15 is 0 Å². The molecule has 2 unspecified atom stereocenters. The van der Waals surface area contributed by atoms with Gasteiger partial charge >= 0.3 is 19.8 Å². The third-order valence-electron chi connectivity index (χ3n) is 4.99. The smallest absolute Gasteiger partial charge is 0.480 e. The molecule has 0 bridgehead atoms. The number of rotatable bonds is 13. The zero-order valence-electron chi connectivity index (χ0n) is 20.3. The number of aliphatic carboxylic acids is 1. The number of hydrogen-bond donors (Lipinski definition) is 3. The van der Waals surface area contributed by atoms with E-state index in [0.29, 0.717) is 0 Å². The summed E-state index contributed by atoms with van der Waals surface area (Å²) in [6.45, 7) is 3.58. The van der Waals surface area contributed by atoms with E-state index in [2.05, 4.69) is 15.4 Å². The predicted molar refractivity (Wildman–Crippen MR) is 130 cm³/mol. The number of carboxylic acid groups (broad SMARTS) is 1. The number of benzene rings is 1. The Morgan fingerprint density at radius 1 is 1.19 bits per heavy atom. The maximum Gasteiger partial charge on any atom is 0.530 e. The number of ether oxygens (including phenoxy) is 1. The molecule has 1 aromatic rings. The molecule has 0 saturated carbocycles. The van der Waals surface area contributed by atoms with Crippen LogP contribution in [0.4, 0.5) is 0 Å². The molecule has 1 aliphatic heterocycles. The summed E-state index contributed by atoms with van der Waals surface area (Å²) in [6.07, 6.45) is -1.45. The van der Waals surface area contributed by atoms with Gasteiger partial charge in [0.2, 0.25) is 5.91 Å². The van der Waals surface area contributed by atoms with Gasteiger partial charge < -0.3 is 25.0 Å². The highest BCUT2D eigenvalue weighted by atomic mass is 32.2. The fourth-order valence-electron chi connectivity index (χ4n) is 3.01. The molecule has 0 aromatic heterocycles. The van der Waals surface area contributed by atoms with Crippen LogP contribution in [0.25, 0.3) is 0 Å². The molecule has 1 fully saturated rings. The van der Waals surface area contributed by atoms with Crippen LogP contribution in [0.2, 0.25) is 0 Å². The highest BCUT2D eigenvalue weighted by molar-refractivity contribution is 8.00. The van der Waals surface area contributed by atoms with Crippen LogP contribution in [0.3, 0.4) is 0 Å². The van der Waals surface area contributed by atoms with Crippen LogP contribution in [0.1, 0.15) is 26.7 Å². The molecule has 3 N–H and O–H groups in total. The molecular formula is C22H31N2O10PS. The molecule has 1 aromatic carbocycles. The van der Waals surface area contributed by atoms with Crippen molar-refractivity contribution in [2.24, 2.45) is 5.41 Å². The van der Waals surface area contributed by atoms with E-state index in [-0.39, 0.29) is 49.9 Å². The molecule has 2 amide bonds. The first-order valence-electron chi connectivity index (χ1n) is 11.1. The summed E-state index contributed by atoms with van der Waals surface area (Å²) >= 11 is 1.01. The number of carbonyl (C=O) groups is 4. The second kappa shape index (κ2) is 13.6. The Bertz CT molecular complexity index is 975. The number of nitrogens with one attached hydrogen (secondary N) is 2. The lowest BCUT2D eigenvalue weighted by Gasteiger charge is -2.39. The lowest BCUT2D eigenvalue weighted by atomic mass is 9.87. The lowest BCUT2D eigenvalue weighted by Crippen LogP contribution is -2.50. The number of thioether (sulfide) groups is 1. The predicted octanol–water partition coefficient (Wildman–Crippen LogP) is 1.99. The number of para-hydroxylation sites is 1. The molecule has 1 aliphatic rings. The van der Waals surface area contributed by atoms with Gasteiger partial charge in [0.05, 0.1) is 20.1 Å². The highest BCUT2D eigenvalue weighted by Gasteiger charge is 2.49. The Morgan fingerprint density at radius 2 is 1.89 bits per heavy atom. The maximum absolute atomic E-state index is 12.9. The Hall–Kier alpha value is -2.60. The minimum atomic E-state index is -4.03. The maximum atomic E-state index is 12.9. The van der Waals surface area contributed by atoms with Crippen LogP contribution in [0.5, 0.6) is 5.75 Å². The number of carboxylic acids is 1. The average molecular weight is 547 g/mol. The zero-order chi connectivity index (χ0) is 26.8. The van der Waals surface area contributed by atoms with Gasteiger partial charge in [-0.15, -0.1) is 11.8 Å². The summed E-state index contributed by atoms with van der Waals surface area (Å²) in [7, 11) is -2.86. The minimum absolute atomic E-state index is 0.00145. The van der Waals surface area contributed by atoms with E-state index in [9.17, 15) is 23.7 Å². The number of phosphoric ester groups is 1. The minimum Gasteiger partial charge on any atom is -0.480 e. The monoisotopic (exact) mass is 546 g/mol. The number of carbonyl (C=O) groups excluding carboxylic acids is 3.